The van der Waals surface area contributed by atoms with E-state index in [9.17, 15) is 0 Å². The Morgan fingerprint density at radius 1 is 1.11 bits per heavy atom. The van der Waals surface area contributed by atoms with Gasteiger partial charge in [-0.15, -0.1) is 0 Å². The standard InChI is InChI=1S/C22H26N2O3/c1-16-6-8-18(9-7-16)22-20-14-24(15-21(20)27-23-22)13-17-4-3-5-19(12-17)26-11-10-25-2/h3-9,12,20-21H,10-11,13-15H2,1-2H3/t20-,21+/m0/s1. The van der Waals surface area contributed by atoms with Gasteiger partial charge in [0.15, 0.2) is 0 Å². The molecule has 0 unspecified atom stereocenters. The lowest BCUT2D eigenvalue weighted by Gasteiger charge is -2.17. The zero-order valence-electron chi connectivity index (χ0n) is 15.9. The first-order chi connectivity index (χ1) is 13.2. The largest absolute Gasteiger partial charge is 0.491 e. The lowest BCUT2D eigenvalue weighted by atomic mass is 9.94. The van der Waals surface area contributed by atoms with Crippen LogP contribution in [0.3, 0.4) is 0 Å². The molecule has 0 aliphatic carbocycles. The van der Waals surface area contributed by atoms with E-state index in [1.165, 1.54) is 16.7 Å². The minimum absolute atomic E-state index is 0.155. The number of hydrogen-bond acceptors (Lipinski definition) is 5. The number of methoxy groups -OCH3 is 1. The van der Waals surface area contributed by atoms with Crippen LogP contribution >= 0.6 is 0 Å². The summed E-state index contributed by atoms with van der Waals surface area (Å²) in [5.41, 5.74) is 4.76. The Morgan fingerprint density at radius 2 is 1.96 bits per heavy atom. The smallest absolute Gasteiger partial charge is 0.149 e. The fourth-order valence-corrected chi connectivity index (χ4v) is 3.77. The van der Waals surface area contributed by atoms with Gasteiger partial charge in [0.25, 0.3) is 0 Å². The van der Waals surface area contributed by atoms with Crippen LogP contribution in [0.15, 0.2) is 53.7 Å². The molecule has 0 aromatic heterocycles. The van der Waals surface area contributed by atoms with Gasteiger partial charge in [0.2, 0.25) is 0 Å². The Balaban J connectivity index is 1.38. The van der Waals surface area contributed by atoms with E-state index in [0.29, 0.717) is 19.1 Å². The summed E-state index contributed by atoms with van der Waals surface area (Å²) in [7, 11) is 1.68. The number of aryl methyl sites for hydroxylation is 1. The van der Waals surface area contributed by atoms with Crippen molar-refractivity contribution >= 4 is 5.71 Å². The Bertz CT molecular complexity index is 803. The minimum atomic E-state index is 0.155. The van der Waals surface area contributed by atoms with E-state index >= 15 is 0 Å². The van der Waals surface area contributed by atoms with Crippen molar-refractivity contribution in [2.24, 2.45) is 11.1 Å². The Hall–Kier alpha value is -2.37. The molecule has 1 saturated heterocycles. The molecule has 4 rings (SSSR count). The van der Waals surface area contributed by atoms with Gasteiger partial charge < -0.3 is 14.3 Å². The van der Waals surface area contributed by atoms with Crippen molar-refractivity contribution in [1.82, 2.24) is 4.90 Å². The molecule has 0 amide bonds. The lowest BCUT2D eigenvalue weighted by molar-refractivity contribution is 0.0745. The number of nitrogens with zero attached hydrogens (tertiary/aromatic N) is 2. The summed E-state index contributed by atoms with van der Waals surface area (Å²) < 4.78 is 10.8. The maximum Gasteiger partial charge on any atom is 0.149 e. The zero-order valence-corrected chi connectivity index (χ0v) is 15.9. The van der Waals surface area contributed by atoms with Crippen molar-refractivity contribution in [3.05, 3.63) is 65.2 Å². The van der Waals surface area contributed by atoms with Gasteiger partial charge in [-0.1, -0.05) is 47.1 Å². The van der Waals surface area contributed by atoms with E-state index in [1.807, 2.05) is 12.1 Å². The molecule has 0 bridgehead atoms. The van der Waals surface area contributed by atoms with Crippen LogP contribution in [0.25, 0.3) is 0 Å². The van der Waals surface area contributed by atoms with Gasteiger partial charge in [-0.25, -0.2) is 0 Å². The third kappa shape index (κ3) is 4.15. The number of rotatable bonds is 7. The quantitative estimate of drug-likeness (QED) is 0.706. The van der Waals surface area contributed by atoms with Crippen LogP contribution in [-0.2, 0) is 16.1 Å². The SMILES string of the molecule is COCCOc1cccc(CN2C[C@@H]3C(c4ccc(C)cc4)=NO[C@@H]3C2)c1. The van der Waals surface area contributed by atoms with Crippen LogP contribution in [0.4, 0.5) is 0 Å². The van der Waals surface area contributed by atoms with Crippen LogP contribution < -0.4 is 4.74 Å². The number of ether oxygens (including phenoxy) is 2. The third-order valence-corrected chi connectivity index (χ3v) is 5.19. The number of oxime groups is 1. The van der Waals surface area contributed by atoms with Gasteiger partial charge in [-0.3, -0.25) is 4.90 Å². The number of hydrogen-bond donors (Lipinski definition) is 0. The van der Waals surface area contributed by atoms with E-state index < -0.39 is 0 Å². The molecular formula is C22H26N2O3. The summed E-state index contributed by atoms with van der Waals surface area (Å²) >= 11 is 0. The summed E-state index contributed by atoms with van der Waals surface area (Å²) in [6.07, 6.45) is 0.155. The lowest BCUT2D eigenvalue weighted by Crippen LogP contribution is -2.23. The van der Waals surface area contributed by atoms with E-state index in [0.717, 1.165) is 31.1 Å². The average molecular weight is 366 g/mol. The summed E-state index contributed by atoms with van der Waals surface area (Å²) in [5, 5.41) is 4.38. The minimum Gasteiger partial charge on any atom is -0.491 e. The molecule has 2 heterocycles. The van der Waals surface area contributed by atoms with Crippen LogP contribution in [0, 0.1) is 12.8 Å². The van der Waals surface area contributed by atoms with Gasteiger partial charge in [-0.05, 0) is 30.2 Å². The van der Waals surface area contributed by atoms with E-state index in [-0.39, 0.29) is 6.10 Å². The highest BCUT2D eigenvalue weighted by atomic mass is 16.6. The zero-order chi connectivity index (χ0) is 18.6. The van der Waals surface area contributed by atoms with E-state index in [2.05, 4.69) is 53.4 Å². The molecule has 5 nitrogen and oxygen atoms in total. The topological polar surface area (TPSA) is 43.3 Å². The first-order valence-corrected chi connectivity index (χ1v) is 9.47. The molecule has 0 radical (unpaired) electrons. The first kappa shape index (κ1) is 18.0. The molecule has 5 heteroatoms. The number of likely N-dealkylation sites (tertiary alicyclic amines) is 1. The average Bonchev–Trinajstić information content (AvgIpc) is 3.23. The molecule has 0 spiro atoms. The molecule has 2 aliphatic rings. The number of benzene rings is 2. The molecular weight excluding hydrogens is 340 g/mol. The van der Waals surface area contributed by atoms with Gasteiger partial charge in [0.05, 0.1) is 18.2 Å². The van der Waals surface area contributed by atoms with Crippen molar-refractivity contribution < 1.29 is 14.3 Å². The second kappa shape index (κ2) is 8.11. The molecule has 2 atom stereocenters. The molecule has 1 fully saturated rings. The van der Waals surface area contributed by atoms with Crippen molar-refractivity contribution in [3.63, 3.8) is 0 Å². The summed E-state index contributed by atoms with van der Waals surface area (Å²) in [6, 6.07) is 16.8. The molecule has 142 valence electrons. The second-order valence-electron chi connectivity index (χ2n) is 7.28. The highest BCUT2D eigenvalue weighted by Gasteiger charge is 2.42. The van der Waals surface area contributed by atoms with Crippen LogP contribution in [0.1, 0.15) is 16.7 Å². The van der Waals surface area contributed by atoms with Crippen LogP contribution in [0.5, 0.6) is 5.75 Å². The Morgan fingerprint density at radius 3 is 2.78 bits per heavy atom. The molecule has 2 aliphatic heterocycles. The number of fused-ring (bicyclic) bond motifs is 1. The summed E-state index contributed by atoms with van der Waals surface area (Å²) in [5.74, 6) is 1.23. The van der Waals surface area contributed by atoms with Crippen molar-refractivity contribution in [2.75, 3.05) is 33.4 Å². The summed E-state index contributed by atoms with van der Waals surface area (Å²) in [4.78, 5) is 8.18. The van der Waals surface area contributed by atoms with Crippen molar-refractivity contribution in [3.8, 4) is 5.75 Å². The molecule has 0 saturated carbocycles. The van der Waals surface area contributed by atoms with Gasteiger partial charge in [-0.2, -0.15) is 0 Å². The fourth-order valence-electron chi connectivity index (χ4n) is 3.77. The first-order valence-electron chi connectivity index (χ1n) is 9.47. The highest BCUT2D eigenvalue weighted by molar-refractivity contribution is 6.03. The molecule has 2 aromatic carbocycles. The predicted molar refractivity (Wildman–Crippen MR) is 105 cm³/mol. The van der Waals surface area contributed by atoms with E-state index in [1.54, 1.807) is 7.11 Å². The highest BCUT2D eigenvalue weighted by Crippen LogP contribution is 2.31. The third-order valence-electron chi connectivity index (χ3n) is 5.19. The Labute approximate surface area is 160 Å². The van der Waals surface area contributed by atoms with Crippen LogP contribution in [-0.4, -0.2) is 50.1 Å². The predicted octanol–water partition coefficient (Wildman–Crippen LogP) is 3.26. The maximum absolute atomic E-state index is 5.74. The Kier molecular flexibility index (Phi) is 5.41. The summed E-state index contributed by atoms with van der Waals surface area (Å²) in [6.45, 7) is 6.02. The van der Waals surface area contributed by atoms with Gasteiger partial charge in [0.1, 0.15) is 18.5 Å². The van der Waals surface area contributed by atoms with Crippen molar-refractivity contribution in [2.45, 2.75) is 19.6 Å². The fraction of sp³-hybridized carbons (Fsp3) is 0.409. The second-order valence-corrected chi connectivity index (χ2v) is 7.28. The van der Waals surface area contributed by atoms with Gasteiger partial charge in [0, 0.05) is 26.7 Å². The van der Waals surface area contributed by atoms with Crippen molar-refractivity contribution in [1.29, 1.82) is 0 Å². The monoisotopic (exact) mass is 366 g/mol. The molecule has 27 heavy (non-hydrogen) atoms. The van der Waals surface area contributed by atoms with E-state index in [4.69, 9.17) is 14.3 Å². The van der Waals surface area contributed by atoms with Crippen LogP contribution in [0.2, 0.25) is 0 Å². The normalized spacial score (nSPS) is 21.6. The molecule has 2 aromatic rings. The van der Waals surface area contributed by atoms with Gasteiger partial charge >= 0.3 is 0 Å². The molecule has 0 N–H and O–H groups in total. The maximum atomic E-state index is 5.74.